The Labute approximate surface area is 152 Å². The van der Waals surface area contributed by atoms with Crippen LogP contribution in [0.1, 0.15) is 20.8 Å². The number of carbonyl (C=O) groups excluding carboxylic acids is 1. The quantitative estimate of drug-likeness (QED) is 0.635. The van der Waals surface area contributed by atoms with Gasteiger partial charge >= 0.3 is 0 Å². The van der Waals surface area contributed by atoms with Gasteiger partial charge in [0.15, 0.2) is 0 Å². The lowest BCUT2D eigenvalue weighted by molar-refractivity contribution is 0.0745. The molecule has 0 aliphatic carbocycles. The van der Waals surface area contributed by atoms with Crippen molar-refractivity contribution in [2.75, 3.05) is 25.5 Å². The molecular formula is C20H22N2O2S. The second-order valence-corrected chi connectivity index (χ2v) is 7.16. The third-order valence-corrected chi connectivity index (χ3v) is 5.02. The van der Waals surface area contributed by atoms with Crippen molar-refractivity contribution < 1.29 is 9.21 Å². The van der Waals surface area contributed by atoms with Gasteiger partial charge in [-0.2, -0.15) is 0 Å². The second kappa shape index (κ2) is 8.03. The Morgan fingerprint density at radius 2 is 1.92 bits per heavy atom. The lowest BCUT2D eigenvalue weighted by Gasteiger charge is -2.22. The minimum Gasteiger partial charge on any atom is -0.472 e. The molecule has 0 fully saturated rings. The smallest absolute Gasteiger partial charge is 0.254 e. The van der Waals surface area contributed by atoms with Gasteiger partial charge in [-0.1, -0.05) is 6.07 Å². The molecule has 0 saturated carbocycles. The summed E-state index contributed by atoms with van der Waals surface area (Å²) in [5.74, 6) is 0.0445. The standard InChI is InChI=1S/C20H22N2O2S/c1-21(2)18-7-5-17(6-8-18)20(23)22(14-16-10-12-24-15-16)11-9-19-4-3-13-25-19/h3-8,10,12-13,15H,9,11,14H2,1-2H3. The van der Waals surface area contributed by atoms with Crippen molar-refractivity contribution in [2.45, 2.75) is 13.0 Å². The third-order valence-electron chi connectivity index (χ3n) is 4.08. The first-order chi connectivity index (χ1) is 12.1. The van der Waals surface area contributed by atoms with E-state index in [-0.39, 0.29) is 5.91 Å². The van der Waals surface area contributed by atoms with Gasteiger partial charge in [0.25, 0.3) is 5.91 Å². The Kier molecular flexibility index (Phi) is 5.56. The van der Waals surface area contributed by atoms with Gasteiger partial charge in [0.1, 0.15) is 0 Å². The van der Waals surface area contributed by atoms with Crippen LogP contribution in [-0.4, -0.2) is 31.4 Å². The second-order valence-electron chi connectivity index (χ2n) is 6.13. The largest absolute Gasteiger partial charge is 0.472 e. The summed E-state index contributed by atoms with van der Waals surface area (Å²) >= 11 is 1.72. The van der Waals surface area contributed by atoms with Crippen LogP contribution in [0.15, 0.2) is 64.8 Å². The van der Waals surface area contributed by atoms with E-state index in [9.17, 15) is 4.79 Å². The number of nitrogens with zero attached hydrogens (tertiary/aromatic N) is 2. The molecule has 0 bridgehead atoms. The molecule has 25 heavy (non-hydrogen) atoms. The number of thiophene rings is 1. The van der Waals surface area contributed by atoms with Gasteiger partial charge in [0.05, 0.1) is 12.5 Å². The Morgan fingerprint density at radius 3 is 2.52 bits per heavy atom. The SMILES string of the molecule is CN(C)c1ccc(C(=O)N(CCc2cccs2)Cc2ccoc2)cc1. The molecule has 0 radical (unpaired) electrons. The summed E-state index contributed by atoms with van der Waals surface area (Å²) in [5, 5.41) is 2.07. The first-order valence-electron chi connectivity index (χ1n) is 8.23. The van der Waals surface area contributed by atoms with Crippen LogP contribution in [0.2, 0.25) is 0 Å². The average molecular weight is 354 g/mol. The third kappa shape index (κ3) is 4.51. The molecule has 0 N–H and O–H groups in total. The molecule has 0 aliphatic heterocycles. The number of anilines is 1. The molecule has 0 aliphatic rings. The molecule has 3 aromatic rings. The number of amides is 1. The fraction of sp³-hybridized carbons (Fsp3) is 0.250. The van der Waals surface area contributed by atoms with E-state index in [2.05, 4.69) is 11.4 Å². The summed E-state index contributed by atoms with van der Waals surface area (Å²) in [4.78, 5) is 18.2. The lowest BCUT2D eigenvalue weighted by atomic mass is 10.1. The molecule has 130 valence electrons. The highest BCUT2D eigenvalue weighted by atomic mass is 32.1. The molecule has 5 heteroatoms. The van der Waals surface area contributed by atoms with E-state index in [0.717, 1.165) is 17.7 Å². The van der Waals surface area contributed by atoms with Crippen LogP contribution in [0, 0.1) is 0 Å². The summed E-state index contributed by atoms with van der Waals surface area (Å²) in [7, 11) is 3.98. The maximum atomic E-state index is 13.0. The van der Waals surface area contributed by atoms with Crippen LogP contribution in [0.4, 0.5) is 5.69 Å². The van der Waals surface area contributed by atoms with Crippen molar-refractivity contribution in [2.24, 2.45) is 0 Å². The molecule has 1 amide bonds. The number of furan rings is 1. The Bertz CT molecular complexity index is 778. The number of rotatable bonds is 7. The van der Waals surface area contributed by atoms with Gasteiger partial charge in [-0.05, 0) is 48.2 Å². The molecule has 0 atom stereocenters. The van der Waals surface area contributed by atoms with Crippen LogP contribution >= 0.6 is 11.3 Å². The fourth-order valence-corrected chi connectivity index (χ4v) is 3.34. The average Bonchev–Trinajstić information content (AvgIpc) is 3.31. The van der Waals surface area contributed by atoms with Gasteiger partial charge < -0.3 is 14.2 Å². The van der Waals surface area contributed by atoms with E-state index in [1.165, 1.54) is 4.88 Å². The first kappa shape index (κ1) is 17.3. The maximum absolute atomic E-state index is 13.0. The zero-order valence-corrected chi connectivity index (χ0v) is 15.3. The topological polar surface area (TPSA) is 36.7 Å². The van der Waals surface area contributed by atoms with E-state index >= 15 is 0 Å². The van der Waals surface area contributed by atoms with E-state index < -0.39 is 0 Å². The number of carbonyl (C=O) groups is 1. The van der Waals surface area contributed by atoms with Crippen LogP contribution in [0.3, 0.4) is 0 Å². The summed E-state index contributed by atoms with van der Waals surface area (Å²) in [6.45, 7) is 1.23. The van der Waals surface area contributed by atoms with Crippen molar-refractivity contribution in [1.29, 1.82) is 0 Å². The summed E-state index contributed by atoms with van der Waals surface area (Å²) in [6.07, 6.45) is 4.20. The predicted octanol–water partition coefficient (Wildman–Crippen LogP) is 4.29. The van der Waals surface area contributed by atoms with Crippen molar-refractivity contribution in [3.8, 4) is 0 Å². The van der Waals surface area contributed by atoms with E-state index in [0.29, 0.717) is 18.7 Å². The molecule has 2 aromatic heterocycles. The summed E-state index contributed by atoms with van der Waals surface area (Å²) in [6, 6.07) is 13.8. The molecule has 4 nitrogen and oxygen atoms in total. The number of hydrogen-bond donors (Lipinski definition) is 0. The van der Waals surface area contributed by atoms with Crippen molar-refractivity contribution in [1.82, 2.24) is 4.90 Å². The highest BCUT2D eigenvalue weighted by molar-refractivity contribution is 7.09. The molecule has 1 aromatic carbocycles. The molecule has 0 saturated heterocycles. The minimum atomic E-state index is 0.0445. The molecule has 0 unspecified atom stereocenters. The van der Waals surface area contributed by atoms with Crippen LogP contribution < -0.4 is 4.90 Å². The zero-order valence-electron chi connectivity index (χ0n) is 14.5. The van der Waals surface area contributed by atoms with Crippen molar-refractivity contribution in [3.63, 3.8) is 0 Å². The number of hydrogen-bond acceptors (Lipinski definition) is 4. The van der Waals surface area contributed by atoms with Gasteiger partial charge in [0, 0.05) is 48.9 Å². The molecule has 2 heterocycles. The minimum absolute atomic E-state index is 0.0445. The van der Waals surface area contributed by atoms with Crippen LogP contribution in [0.25, 0.3) is 0 Å². The molecule has 0 spiro atoms. The van der Waals surface area contributed by atoms with Crippen LogP contribution in [0.5, 0.6) is 0 Å². The summed E-state index contributed by atoms with van der Waals surface area (Å²) in [5.41, 5.74) is 2.79. The number of benzene rings is 1. The zero-order chi connectivity index (χ0) is 17.6. The van der Waals surface area contributed by atoms with Gasteiger partial charge in [0.2, 0.25) is 0 Å². The normalized spacial score (nSPS) is 10.6. The monoisotopic (exact) mass is 354 g/mol. The predicted molar refractivity (Wildman–Crippen MR) is 102 cm³/mol. The van der Waals surface area contributed by atoms with E-state index in [4.69, 9.17) is 4.42 Å². The molecule has 3 rings (SSSR count). The van der Waals surface area contributed by atoms with Crippen molar-refractivity contribution >= 4 is 22.9 Å². The van der Waals surface area contributed by atoms with Gasteiger partial charge in [-0.25, -0.2) is 0 Å². The maximum Gasteiger partial charge on any atom is 0.254 e. The Balaban J connectivity index is 1.75. The highest BCUT2D eigenvalue weighted by Crippen LogP contribution is 2.17. The fourth-order valence-electron chi connectivity index (χ4n) is 2.64. The Morgan fingerprint density at radius 1 is 1.12 bits per heavy atom. The lowest BCUT2D eigenvalue weighted by Crippen LogP contribution is -2.32. The first-order valence-corrected chi connectivity index (χ1v) is 9.11. The van der Waals surface area contributed by atoms with Crippen LogP contribution in [-0.2, 0) is 13.0 Å². The molecular weight excluding hydrogens is 332 g/mol. The van der Waals surface area contributed by atoms with Gasteiger partial charge in [-0.3, -0.25) is 4.79 Å². The van der Waals surface area contributed by atoms with E-state index in [1.54, 1.807) is 23.9 Å². The van der Waals surface area contributed by atoms with E-state index in [1.807, 2.05) is 60.3 Å². The van der Waals surface area contributed by atoms with Gasteiger partial charge in [-0.15, -0.1) is 11.3 Å². The van der Waals surface area contributed by atoms with Crippen molar-refractivity contribution in [3.05, 3.63) is 76.4 Å². The summed E-state index contributed by atoms with van der Waals surface area (Å²) < 4.78 is 5.15. The highest BCUT2D eigenvalue weighted by Gasteiger charge is 2.17. The Hall–Kier alpha value is -2.53.